The molecule has 2 aromatic rings. The maximum Gasteiger partial charge on any atom is 0.182 e. The number of hydrogen-bond acceptors (Lipinski definition) is 4. The average molecular weight is 267 g/mol. The van der Waals surface area contributed by atoms with Crippen LogP contribution in [0.2, 0.25) is 0 Å². The van der Waals surface area contributed by atoms with Crippen LogP contribution in [0.5, 0.6) is 0 Å². The lowest BCUT2D eigenvalue weighted by Gasteiger charge is -2.14. The predicted octanol–water partition coefficient (Wildman–Crippen LogP) is 2.54. The summed E-state index contributed by atoms with van der Waals surface area (Å²) in [5, 5.41) is 3.31. The molecule has 0 aliphatic heterocycles. The quantitative estimate of drug-likeness (QED) is 0.645. The highest BCUT2D eigenvalue weighted by Crippen LogP contribution is 2.17. The van der Waals surface area contributed by atoms with Gasteiger partial charge in [0.2, 0.25) is 0 Å². The number of nitrogens with one attached hydrogen (secondary N) is 2. The fraction of sp³-hybridized carbons (Fsp3) is 0.267. The zero-order valence-corrected chi connectivity index (χ0v) is 11.6. The monoisotopic (exact) mass is 267 g/mol. The molecule has 2 N–H and O–H groups in total. The fourth-order valence-corrected chi connectivity index (χ4v) is 1.91. The fourth-order valence-electron chi connectivity index (χ4n) is 1.91. The van der Waals surface area contributed by atoms with Gasteiger partial charge in [-0.2, -0.15) is 0 Å². The summed E-state index contributed by atoms with van der Waals surface area (Å²) in [6.07, 6.45) is 14.3. The molecule has 2 rings (SSSR count). The number of nitrogens with zero attached hydrogens (tertiary/aromatic N) is 3. The second kappa shape index (κ2) is 6.53. The summed E-state index contributed by atoms with van der Waals surface area (Å²) >= 11 is 0. The number of fused-ring (bicyclic) bond motifs is 1. The van der Waals surface area contributed by atoms with E-state index in [0.717, 1.165) is 23.5 Å². The van der Waals surface area contributed by atoms with E-state index in [2.05, 4.69) is 38.1 Å². The largest absolute Gasteiger partial charge is 0.368 e. The summed E-state index contributed by atoms with van der Waals surface area (Å²) in [7, 11) is 0. The summed E-state index contributed by atoms with van der Waals surface area (Å²) in [4.78, 5) is 15.4. The van der Waals surface area contributed by atoms with E-state index < -0.39 is 0 Å². The predicted molar refractivity (Wildman–Crippen MR) is 81.1 cm³/mol. The van der Waals surface area contributed by atoms with Gasteiger partial charge in [0.15, 0.2) is 11.5 Å². The highest BCUT2D eigenvalue weighted by Gasteiger charge is 2.09. The Hall–Kier alpha value is -2.61. The van der Waals surface area contributed by atoms with Crippen molar-refractivity contribution in [1.29, 1.82) is 0 Å². The third kappa shape index (κ3) is 3.04. The normalized spacial score (nSPS) is 13.6. The Bertz CT molecular complexity index is 675. The molecule has 0 saturated heterocycles. The third-order valence-corrected chi connectivity index (χ3v) is 2.98. The summed E-state index contributed by atoms with van der Waals surface area (Å²) in [6, 6.07) is 0. The number of terminal acetylenes is 1. The van der Waals surface area contributed by atoms with Gasteiger partial charge in [-0.3, -0.25) is 0 Å². The summed E-state index contributed by atoms with van der Waals surface area (Å²) in [6.45, 7) is 4.81. The Labute approximate surface area is 118 Å². The average Bonchev–Trinajstić information content (AvgIpc) is 2.93. The Balaban J connectivity index is 2.10. The molecule has 5 heteroatoms. The Kier molecular flexibility index (Phi) is 4.51. The van der Waals surface area contributed by atoms with E-state index in [-0.39, 0.29) is 5.92 Å². The lowest BCUT2D eigenvalue weighted by atomic mass is 10.0. The molecule has 0 radical (unpaired) electrons. The van der Waals surface area contributed by atoms with Gasteiger partial charge in [0.25, 0.3) is 0 Å². The van der Waals surface area contributed by atoms with Crippen molar-refractivity contribution in [1.82, 2.24) is 19.9 Å². The molecular formula is C15H17N5. The summed E-state index contributed by atoms with van der Waals surface area (Å²) < 4.78 is 0. The van der Waals surface area contributed by atoms with Crippen molar-refractivity contribution >= 4 is 17.0 Å². The number of imidazole rings is 1. The van der Waals surface area contributed by atoms with Crippen molar-refractivity contribution in [3.8, 4) is 12.3 Å². The number of aromatic amines is 1. The van der Waals surface area contributed by atoms with E-state index in [1.54, 1.807) is 12.4 Å². The maximum atomic E-state index is 5.35. The van der Waals surface area contributed by atoms with Crippen LogP contribution in [0.4, 0.5) is 5.82 Å². The molecule has 0 aromatic carbocycles. The lowest BCUT2D eigenvalue weighted by molar-refractivity contribution is 0.736. The van der Waals surface area contributed by atoms with Crippen molar-refractivity contribution < 1.29 is 0 Å². The molecule has 0 aliphatic carbocycles. The van der Waals surface area contributed by atoms with E-state index in [0.29, 0.717) is 5.65 Å². The molecule has 0 saturated carbocycles. The molecule has 0 fully saturated rings. The second-order valence-electron chi connectivity index (χ2n) is 4.42. The number of anilines is 1. The highest BCUT2D eigenvalue weighted by atomic mass is 15.1. The zero-order chi connectivity index (χ0) is 14.4. The molecule has 0 aliphatic rings. The Morgan fingerprint density at radius 3 is 3.10 bits per heavy atom. The molecule has 102 valence electrons. The first-order chi connectivity index (χ1) is 9.76. The van der Waals surface area contributed by atoms with Crippen LogP contribution < -0.4 is 5.32 Å². The van der Waals surface area contributed by atoms with Crippen molar-refractivity contribution in [2.24, 2.45) is 5.92 Å². The van der Waals surface area contributed by atoms with Crippen LogP contribution in [-0.2, 0) is 0 Å². The first-order valence-electron chi connectivity index (χ1n) is 6.43. The smallest absolute Gasteiger partial charge is 0.182 e. The van der Waals surface area contributed by atoms with Crippen LogP contribution in [-0.4, -0.2) is 26.5 Å². The van der Waals surface area contributed by atoms with Crippen molar-refractivity contribution in [2.45, 2.75) is 13.8 Å². The minimum absolute atomic E-state index is 0.273. The number of aromatic nitrogens is 4. The molecule has 0 spiro atoms. The highest BCUT2D eigenvalue weighted by molar-refractivity contribution is 5.81. The van der Waals surface area contributed by atoms with Gasteiger partial charge in [-0.15, -0.1) is 6.42 Å². The van der Waals surface area contributed by atoms with Crippen LogP contribution in [0, 0.1) is 18.3 Å². The van der Waals surface area contributed by atoms with Gasteiger partial charge in [-0.1, -0.05) is 25.0 Å². The molecule has 2 heterocycles. The molecule has 5 nitrogen and oxygen atoms in total. The van der Waals surface area contributed by atoms with Gasteiger partial charge in [-0.25, -0.2) is 15.0 Å². The maximum absolute atomic E-state index is 5.35. The number of rotatable bonds is 5. The minimum atomic E-state index is 0.273. The van der Waals surface area contributed by atoms with Crippen LogP contribution in [0.3, 0.4) is 0 Å². The topological polar surface area (TPSA) is 66.5 Å². The van der Waals surface area contributed by atoms with Gasteiger partial charge in [0.05, 0.1) is 6.33 Å². The molecule has 20 heavy (non-hydrogen) atoms. The van der Waals surface area contributed by atoms with Crippen LogP contribution in [0.15, 0.2) is 36.5 Å². The first-order valence-corrected chi connectivity index (χ1v) is 6.43. The molecule has 0 bridgehead atoms. The molecule has 0 amide bonds. The van der Waals surface area contributed by atoms with E-state index in [4.69, 9.17) is 6.42 Å². The molecule has 1 unspecified atom stereocenters. The van der Waals surface area contributed by atoms with Crippen molar-refractivity contribution in [3.05, 3.63) is 36.5 Å². The Morgan fingerprint density at radius 2 is 2.35 bits per heavy atom. The number of hydrogen-bond donors (Lipinski definition) is 2. The zero-order valence-electron chi connectivity index (χ0n) is 11.6. The third-order valence-electron chi connectivity index (χ3n) is 2.98. The molecule has 2 aromatic heterocycles. The van der Waals surface area contributed by atoms with Crippen LogP contribution in [0.25, 0.3) is 11.2 Å². The number of H-pyrrole nitrogens is 1. The van der Waals surface area contributed by atoms with Gasteiger partial charge < -0.3 is 10.3 Å². The number of allylic oxidation sites excluding steroid dienone is 3. The van der Waals surface area contributed by atoms with Gasteiger partial charge >= 0.3 is 0 Å². The first kappa shape index (κ1) is 13.8. The van der Waals surface area contributed by atoms with Gasteiger partial charge in [0.1, 0.15) is 11.8 Å². The van der Waals surface area contributed by atoms with E-state index >= 15 is 0 Å². The standard InChI is InChI=1S/C15H17N5/c1-4-6-12(7-5-2)11(3)8-16-14-13-15(18-9-17-13)20-10-19-14/h1,5-7,9-11H,8H2,2-3H3,(H2,16,17,18,19,20)/b7-5-,12-6+. The van der Waals surface area contributed by atoms with Crippen molar-refractivity contribution in [2.75, 3.05) is 11.9 Å². The van der Waals surface area contributed by atoms with E-state index in [1.165, 1.54) is 6.33 Å². The van der Waals surface area contributed by atoms with Crippen LogP contribution >= 0.6 is 0 Å². The second-order valence-corrected chi connectivity index (χ2v) is 4.42. The van der Waals surface area contributed by atoms with E-state index in [1.807, 2.05) is 19.1 Å². The van der Waals surface area contributed by atoms with Crippen LogP contribution in [0.1, 0.15) is 13.8 Å². The van der Waals surface area contributed by atoms with Gasteiger partial charge in [-0.05, 0) is 24.5 Å². The van der Waals surface area contributed by atoms with E-state index in [9.17, 15) is 0 Å². The van der Waals surface area contributed by atoms with Crippen molar-refractivity contribution in [3.63, 3.8) is 0 Å². The SMILES string of the molecule is C#C/C=C(\C=C/C)C(C)CNc1ncnc2nc[nH]c12. The minimum Gasteiger partial charge on any atom is -0.368 e. The Morgan fingerprint density at radius 1 is 1.50 bits per heavy atom. The molecular weight excluding hydrogens is 250 g/mol. The lowest BCUT2D eigenvalue weighted by Crippen LogP contribution is -2.14. The van der Waals surface area contributed by atoms with Gasteiger partial charge in [0, 0.05) is 6.54 Å². The summed E-state index contributed by atoms with van der Waals surface area (Å²) in [5.74, 6) is 3.60. The molecule has 1 atom stereocenters. The summed E-state index contributed by atoms with van der Waals surface area (Å²) in [5.41, 5.74) is 2.58.